The number of benzene rings is 1. The van der Waals surface area contributed by atoms with Gasteiger partial charge in [-0.15, -0.1) is 0 Å². The van der Waals surface area contributed by atoms with Crippen LogP contribution in [0.5, 0.6) is 0 Å². The molecule has 182 valence electrons. The maximum absolute atomic E-state index is 12.1. The van der Waals surface area contributed by atoms with Crippen molar-refractivity contribution in [1.29, 1.82) is 0 Å². The van der Waals surface area contributed by atoms with Crippen molar-refractivity contribution >= 4 is 23.2 Å². The van der Waals surface area contributed by atoms with Crippen LogP contribution < -0.4 is 26.4 Å². The fourth-order valence-electron chi connectivity index (χ4n) is 4.21. The minimum absolute atomic E-state index is 0.0850. The van der Waals surface area contributed by atoms with Crippen LogP contribution in [-0.4, -0.2) is 59.7 Å². The fraction of sp³-hybridized carbons (Fsp3) is 0.423. The maximum Gasteiger partial charge on any atom is 0.227 e. The average Bonchev–Trinajstić information content (AvgIpc) is 3.63. The third kappa shape index (κ3) is 5.91. The van der Waals surface area contributed by atoms with Crippen LogP contribution in [-0.2, 0) is 4.79 Å². The Kier molecular flexibility index (Phi) is 6.32. The van der Waals surface area contributed by atoms with E-state index in [1.807, 2.05) is 44.2 Å². The molecular formula is C26H32N8O. The van der Waals surface area contributed by atoms with Crippen molar-refractivity contribution in [3.63, 3.8) is 0 Å². The molecule has 1 aromatic heterocycles. The summed E-state index contributed by atoms with van der Waals surface area (Å²) in [6.45, 7) is 7.82. The van der Waals surface area contributed by atoms with E-state index < -0.39 is 5.66 Å². The van der Waals surface area contributed by atoms with Crippen LogP contribution in [0.1, 0.15) is 38.1 Å². The van der Waals surface area contributed by atoms with Crippen LogP contribution >= 0.6 is 0 Å². The first-order valence-electron chi connectivity index (χ1n) is 12.1. The molecule has 3 aliphatic rings. The minimum Gasteiger partial charge on any atom is -0.354 e. The Morgan fingerprint density at radius 2 is 1.94 bits per heavy atom. The first-order valence-corrected chi connectivity index (χ1v) is 12.1. The van der Waals surface area contributed by atoms with E-state index in [1.165, 1.54) is 0 Å². The van der Waals surface area contributed by atoms with Crippen molar-refractivity contribution in [2.24, 2.45) is 5.92 Å². The highest BCUT2D eigenvalue weighted by atomic mass is 16.2. The molecule has 1 aromatic carbocycles. The predicted molar refractivity (Wildman–Crippen MR) is 138 cm³/mol. The second-order valence-electron chi connectivity index (χ2n) is 9.72. The summed E-state index contributed by atoms with van der Waals surface area (Å²) in [5.74, 6) is 8.57. The molecule has 0 spiro atoms. The lowest BCUT2D eigenvalue weighted by Crippen LogP contribution is -2.48. The number of hydrogen-bond acceptors (Lipinski definition) is 8. The van der Waals surface area contributed by atoms with E-state index in [2.05, 4.69) is 56.2 Å². The van der Waals surface area contributed by atoms with Gasteiger partial charge in [0, 0.05) is 55.1 Å². The summed E-state index contributed by atoms with van der Waals surface area (Å²) in [6.07, 6.45) is 4.03. The zero-order chi connectivity index (χ0) is 24.4. The third-order valence-corrected chi connectivity index (χ3v) is 6.35. The highest BCUT2D eigenvalue weighted by molar-refractivity contribution is 5.94. The number of hydrazine groups is 1. The van der Waals surface area contributed by atoms with Gasteiger partial charge in [0.2, 0.25) is 11.7 Å². The summed E-state index contributed by atoms with van der Waals surface area (Å²) in [4.78, 5) is 26.2. The van der Waals surface area contributed by atoms with Gasteiger partial charge < -0.3 is 25.9 Å². The van der Waals surface area contributed by atoms with Gasteiger partial charge in [-0.05, 0) is 63.9 Å². The first-order chi connectivity index (χ1) is 16.8. The number of amides is 1. The van der Waals surface area contributed by atoms with E-state index in [1.54, 1.807) is 0 Å². The predicted octanol–water partition coefficient (Wildman–Crippen LogP) is 2.12. The van der Waals surface area contributed by atoms with E-state index in [4.69, 9.17) is 9.97 Å². The molecule has 1 atom stereocenters. The van der Waals surface area contributed by atoms with Crippen molar-refractivity contribution in [3.8, 4) is 11.8 Å². The van der Waals surface area contributed by atoms with Crippen LogP contribution in [0.2, 0.25) is 0 Å². The lowest BCUT2D eigenvalue weighted by molar-refractivity contribution is -0.117. The van der Waals surface area contributed by atoms with Crippen LogP contribution in [0.3, 0.4) is 0 Å². The smallest absolute Gasteiger partial charge is 0.227 e. The number of allylic oxidation sites excluding steroid dienone is 1. The van der Waals surface area contributed by atoms with Crippen LogP contribution in [0.15, 0.2) is 42.1 Å². The molecule has 9 heteroatoms. The number of nitrogens with one attached hydrogen (secondary N) is 4. The summed E-state index contributed by atoms with van der Waals surface area (Å²) in [5, 5.41) is 6.45. The number of rotatable bonds is 5. The van der Waals surface area contributed by atoms with Crippen molar-refractivity contribution in [1.82, 2.24) is 25.7 Å². The number of likely N-dealkylation sites (N-methyl/N-ethyl adjacent to an activating group) is 1. The van der Waals surface area contributed by atoms with E-state index >= 15 is 0 Å². The Labute approximate surface area is 206 Å². The number of hydrogen-bond donors (Lipinski definition) is 4. The van der Waals surface area contributed by atoms with Gasteiger partial charge in [-0.25, -0.2) is 15.4 Å². The standard InChI is InChI=1S/C26H32N8O/c1-18-17-26(2,32-31-18)30-23-16-24(34-13-11-33(3)12-14-34)29-22(28-23)10-7-19-5-4-6-21(15-19)27-25(35)20-8-9-20/h4-6,15-17,20,31-32H,8-9,11-14H2,1-3H3,(H,27,35)(H,28,29,30). The summed E-state index contributed by atoms with van der Waals surface area (Å²) in [5.41, 5.74) is 8.51. The molecule has 2 fully saturated rings. The van der Waals surface area contributed by atoms with Gasteiger partial charge in [-0.3, -0.25) is 4.79 Å². The van der Waals surface area contributed by atoms with Gasteiger partial charge in [0.05, 0.1) is 0 Å². The summed E-state index contributed by atoms with van der Waals surface area (Å²) >= 11 is 0. The number of carbonyl (C=O) groups is 1. The van der Waals surface area contributed by atoms with Crippen molar-refractivity contribution in [2.75, 3.05) is 48.8 Å². The highest BCUT2D eigenvalue weighted by Crippen LogP contribution is 2.30. The molecule has 1 unspecified atom stereocenters. The third-order valence-electron chi connectivity index (χ3n) is 6.35. The number of aromatic nitrogens is 2. The molecule has 9 nitrogen and oxygen atoms in total. The molecule has 1 amide bonds. The quantitative estimate of drug-likeness (QED) is 0.492. The number of piperazine rings is 1. The molecule has 4 N–H and O–H groups in total. The van der Waals surface area contributed by atoms with Gasteiger partial charge in [0.25, 0.3) is 0 Å². The Balaban J connectivity index is 1.40. The van der Waals surface area contributed by atoms with Gasteiger partial charge in [0.1, 0.15) is 17.3 Å². The van der Waals surface area contributed by atoms with E-state index in [9.17, 15) is 4.79 Å². The largest absolute Gasteiger partial charge is 0.354 e. The van der Waals surface area contributed by atoms with Gasteiger partial charge in [-0.1, -0.05) is 12.0 Å². The number of carbonyl (C=O) groups excluding carboxylic acids is 1. The van der Waals surface area contributed by atoms with Gasteiger partial charge in [0.15, 0.2) is 0 Å². The van der Waals surface area contributed by atoms with E-state index in [0.717, 1.165) is 61.8 Å². The molecule has 3 heterocycles. The molecule has 35 heavy (non-hydrogen) atoms. The zero-order valence-corrected chi connectivity index (χ0v) is 20.5. The van der Waals surface area contributed by atoms with Gasteiger partial charge >= 0.3 is 0 Å². The van der Waals surface area contributed by atoms with Crippen molar-refractivity contribution < 1.29 is 4.79 Å². The molecule has 1 saturated heterocycles. The number of nitrogens with zero attached hydrogens (tertiary/aromatic N) is 4. The molecule has 0 bridgehead atoms. The monoisotopic (exact) mass is 472 g/mol. The van der Waals surface area contributed by atoms with E-state index in [-0.39, 0.29) is 11.8 Å². The Hall–Kier alpha value is -3.61. The van der Waals surface area contributed by atoms with Crippen molar-refractivity contribution in [2.45, 2.75) is 32.4 Å². The topological polar surface area (TPSA) is 97.5 Å². The molecule has 1 aliphatic carbocycles. The summed E-state index contributed by atoms with van der Waals surface area (Å²) in [6, 6.07) is 9.58. The summed E-state index contributed by atoms with van der Waals surface area (Å²) < 4.78 is 0. The molecule has 2 aromatic rings. The molecule has 5 rings (SSSR count). The lowest BCUT2D eigenvalue weighted by atomic mass is 10.2. The fourth-order valence-corrected chi connectivity index (χ4v) is 4.21. The lowest BCUT2D eigenvalue weighted by Gasteiger charge is -2.33. The van der Waals surface area contributed by atoms with Gasteiger partial charge in [-0.2, -0.15) is 0 Å². The van der Waals surface area contributed by atoms with Crippen LogP contribution in [0.25, 0.3) is 0 Å². The Morgan fingerprint density at radius 3 is 2.66 bits per heavy atom. The summed E-state index contributed by atoms with van der Waals surface area (Å²) in [7, 11) is 2.14. The second-order valence-corrected chi connectivity index (χ2v) is 9.72. The van der Waals surface area contributed by atoms with Crippen LogP contribution in [0, 0.1) is 17.8 Å². The minimum atomic E-state index is -0.476. The molecule has 1 saturated carbocycles. The average molecular weight is 473 g/mol. The number of anilines is 3. The first kappa shape index (κ1) is 23.1. The zero-order valence-electron chi connectivity index (χ0n) is 20.5. The normalized spacial score (nSPS) is 22.0. The van der Waals surface area contributed by atoms with Crippen molar-refractivity contribution in [3.05, 3.63) is 53.5 Å². The van der Waals surface area contributed by atoms with Crippen LogP contribution in [0.4, 0.5) is 17.3 Å². The highest BCUT2D eigenvalue weighted by Gasteiger charge is 2.29. The Morgan fingerprint density at radius 1 is 1.14 bits per heavy atom. The second kappa shape index (κ2) is 9.56. The maximum atomic E-state index is 12.1. The molecular weight excluding hydrogens is 440 g/mol. The Bertz CT molecular complexity index is 1200. The molecule has 0 radical (unpaired) electrons. The van der Waals surface area contributed by atoms with E-state index in [0.29, 0.717) is 11.6 Å². The molecule has 2 aliphatic heterocycles. The SMILES string of the molecule is CC1=CC(C)(Nc2cc(N3CCN(C)CC3)nc(C#Cc3cccc(NC(=O)C4CC4)c3)n2)NN1.